The number of fused-ring (bicyclic) bond motifs is 1. The van der Waals surface area contributed by atoms with E-state index in [1.807, 2.05) is 0 Å². The van der Waals surface area contributed by atoms with Crippen LogP contribution in [0.3, 0.4) is 0 Å². The van der Waals surface area contributed by atoms with Gasteiger partial charge in [-0.25, -0.2) is 0 Å². The quantitative estimate of drug-likeness (QED) is 0.854. The van der Waals surface area contributed by atoms with Gasteiger partial charge in [-0.3, -0.25) is 4.98 Å². The molecule has 0 spiro atoms. The van der Waals surface area contributed by atoms with E-state index < -0.39 is 0 Å². The Kier molecular flexibility index (Phi) is 3.90. The zero-order valence-corrected chi connectivity index (χ0v) is 12.5. The highest BCUT2D eigenvalue weighted by Gasteiger charge is 2.20. The maximum absolute atomic E-state index is 4.61. The molecule has 1 aromatic heterocycles. The molecule has 3 rings (SSSR count). The number of para-hydroxylation sites is 1. The van der Waals surface area contributed by atoms with Crippen molar-refractivity contribution in [2.45, 2.75) is 52.0 Å². The summed E-state index contributed by atoms with van der Waals surface area (Å²) in [7, 11) is 0. The van der Waals surface area contributed by atoms with E-state index in [1.54, 1.807) is 0 Å². The van der Waals surface area contributed by atoms with Crippen LogP contribution in [-0.2, 0) is 0 Å². The third kappa shape index (κ3) is 2.79. The third-order valence-corrected chi connectivity index (χ3v) is 4.63. The highest BCUT2D eigenvalue weighted by molar-refractivity contribution is 5.91. The molecule has 0 bridgehead atoms. The fraction of sp³-hybridized carbons (Fsp3) is 0.500. The molecular weight excluding hydrogens is 244 g/mol. The Hall–Kier alpha value is -1.57. The van der Waals surface area contributed by atoms with Crippen molar-refractivity contribution < 1.29 is 0 Å². The van der Waals surface area contributed by atoms with Crippen LogP contribution in [0, 0.1) is 12.8 Å². The van der Waals surface area contributed by atoms with Gasteiger partial charge >= 0.3 is 0 Å². The molecule has 0 amide bonds. The molecule has 2 aromatic rings. The van der Waals surface area contributed by atoms with Gasteiger partial charge in [0.2, 0.25) is 0 Å². The molecule has 0 radical (unpaired) electrons. The molecule has 1 N–H and O–H groups in total. The van der Waals surface area contributed by atoms with E-state index in [2.05, 4.69) is 54.5 Å². The molecule has 1 aliphatic carbocycles. The van der Waals surface area contributed by atoms with Gasteiger partial charge in [-0.1, -0.05) is 31.5 Å². The lowest BCUT2D eigenvalue weighted by Gasteiger charge is -2.29. The Balaban J connectivity index is 1.81. The summed E-state index contributed by atoms with van der Waals surface area (Å²) in [6, 6.07) is 11.2. The average molecular weight is 268 g/mol. The Morgan fingerprint density at radius 1 is 1.15 bits per heavy atom. The zero-order chi connectivity index (χ0) is 13.9. The molecule has 1 aromatic carbocycles. The fourth-order valence-electron chi connectivity index (χ4n) is 3.36. The summed E-state index contributed by atoms with van der Waals surface area (Å²) in [6.07, 6.45) is 6.68. The maximum Gasteiger partial charge on any atom is 0.0725 e. The van der Waals surface area contributed by atoms with E-state index in [-0.39, 0.29) is 0 Å². The van der Waals surface area contributed by atoms with E-state index in [4.69, 9.17) is 0 Å². The van der Waals surface area contributed by atoms with Gasteiger partial charge in [0.05, 0.1) is 5.52 Å². The average Bonchev–Trinajstić information content (AvgIpc) is 2.48. The Labute approximate surface area is 121 Å². The first-order valence-electron chi connectivity index (χ1n) is 7.89. The van der Waals surface area contributed by atoms with Crippen LogP contribution < -0.4 is 5.32 Å². The molecule has 1 aliphatic rings. The van der Waals surface area contributed by atoms with Crippen molar-refractivity contribution in [2.24, 2.45) is 5.92 Å². The molecule has 0 atom stereocenters. The van der Waals surface area contributed by atoms with Crippen LogP contribution in [0.5, 0.6) is 0 Å². The first-order valence-corrected chi connectivity index (χ1v) is 7.89. The van der Waals surface area contributed by atoms with E-state index in [0.717, 1.165) is 17.1 Å². The van der Waals surface area contributed by atoms with Crippen molar-refractivity contribution in [1.82, 2.24) is 4.98 Å². The van der Waals surface area contributed by atoms with Gasteiger partial charge in [-0.05, 0) is 50.7 Å². The minimum Gasteiger partial charge on any atom is -0.382 e. The summed E-state index contributed by atoms with van der Waals surface area (Å²) >= 11 is 0. The molecule has 106 valence electrons. The van der Waals surface area contributed by atoms with E-state index in [1.165, 1.54) is 43.2 Å². The van der Waals surface area contributed by atoms with Crippen molar-refractivity contribution in [3.8, 4) is 0 Å². The summed E-state index contributed by atoms with van der Waals surface area (Å²) in [6.45, 7) is 4.39. The predicted octanol–water partition coefficient (Wildman–Crippen LogP) is 4.92. The molecule has 0 saturated heterocycles. The lowest BCUT2D eigenvalue weighted by molar-refractivity contribution is 0.330. The number of anilines is 1. The lowest BCUT2D eigenvalue weighted by atomic mass is 9.84. The Morgan fingerprint density at radius 3 is 2.65 bits per heavy atom. The minimum atomic E-state index is 0.628. The third-order valence-electron chi connectivity index (χ3n) is 4.63. The van der Waals surface area contributed by atoms with Gasteiger partial charge in [-0.2, -0.15) is 0 Å². The van der Waals surface area contributed by atoms with Crippen molar-refractivity contribution >= 4 is 16.6 Å². The molecule has 1 fully saturated rings. The van der Waals surface area contributed by atoms with Crippen LogP contribution in [0.2, 0.25) is 0 Å². The molecular formula is C18H24N2. The van der Waals surface area contributed by atoms with Crippen molar-refractivity contribution in [3.05, 3.63) is 36.0 Å². The fourth-order valence-corrected chi connectivity index (χ4v) is 3.36. The van der Waals surface area contributed by atoms with Gasteiger partial charge < -0.3 is 5.32 Å². The molecule has 0 unspecified atom stereocenters. The van der Waals surface area contributed by atoms with E-state index in [0.29, 0.717) is 6.04 Å². The van der Waals surface area contributed by atoms with Crippen LogP contribution in [0.1, 0.15) is 44.7 Å². The molecule has 1 heterocycles. The Morgan fingerprint density at radius 2 is 1.90 bits per heavy atom. The number of aryl methyl sites for hydroxylation is 1. The SMILES string of the molecule is CCC1CCC(Nc2cc(C)nc3ccccc23)CC1. The second-order valence-corrected chi connectivity index (χ2v) is 6.10. The molecule has 2 heteroatoms. The van der Waals surface area contributed by atoms with Crippen LogP contribution in [0.15, 0.2) is 30.3 Å². The lowest BCUT2D eigenvalue weighted by Crippen LogP contribution is -2.26. The van der Waals surface area contributed by atoms with Crippen molar-refractivity contribution in [1.29, 1.82) is 0 Å². The molecule has 2 nitrogen and oxygen atoms in total. The number of pyridine rings is 1. The topological polar surface area (TPSA) is 24.9 Å². The summed E-state index contributed by atoms with van der Waals surface area (Å²) in [4.78, 5) is 4.61. The first-order chi connectivity index (χ1) is 9.76. The zero-order valence-electron chi connectivity index (χ0n) is 12.5. The number of benzene rings is 1. The number of rotatable bonds is 3. The molecule has 0 aliphatic heterocycles. The highest BCUT2D eigenvalue weighted by Crippen LogP contribution is 2.30. The number of hydrogen-bond donors (Lipinski definition) is 1. The Bertz CT molecular complexity index is 583. The second kappa shape index (κ2) is 5.82. The second-order valence-electron chi connectivity index (χ2n) is 6.10. The monoisotopic (exact) mass is 268 g/mol. The van der Waals surface area contributed by atoms with Crippen LogP contribution in [0.25, 0.3) is 10.9 Å². The van der Waals surface area contributed by atoms with Gasteiger partial charge in [0.1, 0.15) is 0 Å². The standard InChI is InChI=1S/C18H24N2/c1-3-14-8-10-15(11-9-14)20-18-12-13(2)19-17-7-5-4-6-16(17)18/h4-7,12,14-15H,3,8-11H2,1-2H3,(H,19,20). The van der Waals surface area contributed by atoms with Crippen molar-refractivity contribution in [3.63, 3.8) is 0 Å². The summed E-state index contributed by atoms with van der Waals surface area (Å²) < 4.78 is 0. The molecule has 1 saturated carbocycles. The van der Waals surface area contributed by atoms with Crippen LogP contribution >= 0.6 is 0 Å². The highest BCUT2D eigenvalue weighted by atomic mass is 14.9. The summed E-state index contributed by atoms with van der Waals surface area (Å²) in [5.41, 5.74) is 3.44. The predicted molar refractivity (Wildman–Crippen MR) is 86.1 cm³/mol. The van der Waals surface area contributed by atoms with Gasteiger partial charge in [0, 0.05) is 22.8 Å². The number of hydrogen-bond acceptors (Lipinski definition) is 2. The van der Waals surface area contributed by atoms with Gasteiger partial charge in [-0.15, -0.1) is 0 Å². The summed E-state index contributed by atoms with van der Waals surface area (Å²) in [5, 5.41) is 5.02. The number of nitrogens with zero attached hydrogens (tertiary/aromatic N) is 1. The maximum atomic E-state index is 4.61. The minimum absolute atomic E-state index is 0.628. The van der Waals surface area contributed by atoms with E-state index in [9.17, 15) is 0 Å². The molecule has 20 heavy (non-hydrogen) atoms. The van der Waals surface area contributed by atoms with Crippen molar-refractivity contribution in [2.75, 3.05) is 5.32 Å². The smallest absolute Gasteiger partial charge is 0.0725 e. The number of nitrogens with one attached hydrogen (secondary N) is 1. The first kappa shape index (κ1) is 13.4. The van der Waals surface area contributed by atoms with E-state index >= 15 is 0 Å². The summed E-state index contributed by atoms with van der Waals surface area (Å²) in [5.74, 6) is 0.948. The van der Waals surface area contributed by atoms with Crippen LogP contribution in [0.4, 0.5) is 5.69 Å². The van der Waals surface area contributed by atoms with Gasteiger partial charge in [0.25, 0.3) is 0 Å². The largest absolute Gasteiger partial charge is 0.382 e. The van der Waals surface area contributed by atoms with Gasteiger partial charge in [0.15, 0.2) is 0 Å². The van der Waals surface area contributed by atoms with Crippen LogP contribution in [-0.4, -0.2) is 11.0 Å². The normalized spacial score (nSPS) is 22.9. The number of aromatic nitrogens is 1.